The lowest BCUT2D eigenvalue weighted by molar-refractivity contribution is -0.197. The molecule has 0 aromatic carbocycles. The molecule has 1 atom stereocenters. The predicted molar refractivity (Wildman–Crippen MR) is 33.6 cm³/mol. The van der Waals surface area contributed by atoms with Crippen LogP contribution in [0.3, 0.4) is 0 Å². The molecule has 1 aliphatic heterocycles. The lowest BCUT2D eigenvalue weighted by Crippen LogP contribution is -2.44. The van der Waals surface area contributed by atoms with E-state index in [9.17, 15) is 9.59 Å². The summed E-state index contributed by atoms with van der Waals surface area (Å²) in [6.45, 7) is 1.51. The van der Waals surface area contributed by atoms with Crippen LogP contribution in [0.25, 0.3) is 0 Å². The largest absolute Gasteiger partial charge is 0.448 e. The molecule has 0 aromatic heterocycles. The molecule has 2 aliphatic rings. The van der Waals surface area contributed by atoms with E-state index in [4.69, 9.17) is 9.47 Å². The Hall–Kier alpha value is -1.06. The Morgan fingerprint density at radius 1 is 1.45 bits per heavy atom. The zero-order valence-corrected chi connectivity index (χ0v) is 6.12. The van der Waals surface area contributed by atoms with Gasteiger partial charge in [-0.15, -0.1) is 0 Å². The van der Waals surface area contributed by atoms with Crippen LogP contribution in [-0.4, -0.2) is 23.6 Å². The SMILES string of the molecule is C[C@@H]1OC(=O)C2(CC2)OC1=O. The van der Waals surface area contributed by atoms with Gasteiger partial charge < -0.3 is 9.47 Å². The Morgan fingerprint density at radius 3 is 2.64 bits per heavy atom. The normalized spacial score (nSPS) is 33.0. The lowest BCUT2D eigenvalue weighted by Gasteiger charge is -2.24. The van der Waals surface area contributed by atoms with Crippen molar-refractivity contribution >= 4 is 11.9 Å². The van der Waals surface area contributed by atoms with E-state index in [1.165, 1.54) is 6.92 Å². The Morgan fingerprint density at radius 2 is 2.09 bits per heavy atom. The van der Waals surface area contributed by atoms with Gasteiger partial charge in [-0.25, -0.2) is 9.59 Å². The molecule has 0 unspecified atom stereocenters. The summed E-state index contributed by atoms with van der Waals surface area (Å²) in [7, 11) is 0. The average molecular weight is 156 g/mol. The first-order valence-corrected chi connectivity index (χ1v) is 3.58. The third kappa shape index (κ3) is 0.818. The molecule has 0 radical (unpaired) electrons. The molecular formula is C7H8O4. The number of hydrogen-bond acceptors (Lipinski definition) is 4. The van der Waals surface area contributed by atoms with Crippen molar-refractivity contribution in [3.63, 3.8) is 0 Å². The minimum Gasteiger partial charge on any atom is -0.448 e. The van der Waals surface area contributed by atoms with Gasteiger partial charge in [0, 0.05) is 12.8 Å². The molecular weight excluding hydrogens is 148 g/mol. The minimum atomic E-state index is -0.871. The smallest absolute Gasteiger partial charge is 0.351 e. The van der Waals surface area contributed by atoms with Gasteiger partial charge in [0.2, 0.25) is 5.60 Å². The van der Waals surface area contributed by atoms with Crippen molar-refractivity contribution in [3.8, 4) is 0 Å². The molecule has 4 heteroatoms. The van der Waals surface area contributed by atoms with Gasteiger partial charge in [-0.2, -0.15) is 0 Å². The van der Waals surface area contributed by atoms with Gasteiger partial charge in [-0.3, -0.25) is 0 Å². The molecule has 60 valence electrons. The van der Waals surface area contributed by atoms with E-state index in [1.54, 1.807) is 0 Å². The van der Waals surface area contributed by atoms with Crippen molar-refractivity contribution < 1.29 is 19.1 Å². The second-order valence-corrected chi connectivity index (χ2v) is 2.96. The second kappa shape index (κ2) is 1.75. The summed E-state index contributed by atoms with van der Waals surface area (Å²) in [6, 6.07) is 0. The topological polar surface area (TPSA) is 52.6 Å². The summed E-state index contributed by atoms with van der Waals surface area (Å²) in [6.07, 6.45) is 0.503. The predicted octanol–water partition coefficient (Wildman–Crippen LogP) is 0.00750. The fourth-order valence-electron chi connectivity index (χ4n) is 1.05. The summed E-state index contributed by atoms with van der Waals surface area (Å²) >= 11 is 0. The first-order valence-electron chi connectivity index (χ1n) is 3.58. The first-order chi connectivity index (χ1) is 5.14. The Balaban J connectivity index is 2.18. The lowest BCUT2D eigenvalue weighted by atomic mass is 10.3. The molecule has 4 nitrogen and oxygen atoms in total. The van der Waals surface area contributed by atoms with Crippen LogP contribution in [0, 0.1) is 0 Å². The van der Waals surface area contributed by atoms with E-state index in [2.05, 4.69) is 0 Å². The summed E-state index contributed by atoms with van der Waals surface area (Å²) in [5, 5.41) is 0. The van der Waals surface area contributed by atoms with Crippen LogP contribution in [0.5, 0.6) is 0 Å². The molecule has 1 saturated carbocycles. The molecule has 0 N–H and O–H groups in total. The molecule has 2 fully saturated rings. The maximum atomic E-state index is 11.0. The third-order valence-corrected chi connectivity index (χ3v) is 1.99. The Kier molecular flexibility index (Phi) is 1.06. The van der Waals surface area contributed by atoms with E-state index in [-0.39, 0.29) is 5.97 Å². The first kappa shape index (κ1) is 6.64. The molecule has 1 spiro atoms. The number of carbonyl (C=O) groups excluding carboxylic acids is 2. The number of cyclic esters (lactones) is 1. The number of hydrogen-bond donors (Lipinski definition) is 0. The van der Waals surface area contributed by atoms with Crippen LogP contribution >= 0.6 is 0 Å². The fraction of sp³-hybridized carbons (Fsp3) is 0.714. The van der Waals surface area contributed by atoms with E-state index in [1.807, 2.05) is 0 Å². The summed E-state index contributed by atoms with van der Waals surface area (Å²) < 4.78 is 9.66. The minimum absolute atomic E-state index is 0.385. The summed E-state index contributed by atoms with van der Waals surface area (Å²) in [4.78, 5) is 21.9. The zero-order valence-electron chi connectivity index (χ0n) is 6.12. The summed E-state index contributed by atoms with van der Waals surface area (Å²) in [5.74, 6) is -0.813. The van der Waals surface area contributed by atoms with Crippen molar-refractivity contribution in [1.29, 1.82) is 0 Å². The maximum Gasteiger partial charge on any atom is 0.351 e. The second-order valence-electron chi connectivity index (χ2n) is 2.96. The number of esters is 2. The Bertz CT molecular complexity index is 229. The molecule has 1 saturated heterocycles. The molecule has 2 rings (SSSR count). The highest BCUT2D eigenvalue weighted by Gasteiger charge is 2.59. The highest BCUT2D eigenvalue weighted by atomic mass is 16.7. The van der Waals surface area contributed by atoms with Gasteiger partial charge in [0.1, 0.15) is 0 Å². The van der Waals surface area contributed by atoms with Crippen molar-refractivity contribution in [1.82, 2.24) is 0 Å². The van der Waals surface area contributed by atoms with Gasteiger partial charge in [0.15, 0.2) is 6.10 Å². The van der Waals surface area contributed by atoms with Crippen LogP contribution in [-0.2, 0) is 19.1 Å². The molecule has 0 amide bonds. The van der Waals surface area contributed by atoms with Crippen molar-refractivity contribution in [3.05, 3.63) is 0 Å². The standard InChI is InChI=1S/C7H8O4/c1-4-5(8)11-7(2-3-7)6(9)10-4/h4H,2-3H2,1H3/t4-/m0/s1. The van der Waals surface area contributed by atoms with E-state index >= 15 is 0 Å². The van der Waals surface area contributed by atoms with Crippen molar-refractivity contribution in [2.45, 2.75) is 31.5 Å². The highest BCUT2D eigenvalue weighted by molar-refractivity contribution is 5.92. The number of ether oxygens (including phenoxy) is 2. The van der Waals surface area contributed by atoms with Gasteiger partial charge in [-0.1, -0.05) is 0 Å². The number of rotatable bonds is 0. The fourth-order valence-corrected chi connectivity index (χ4v) is 1.05. The maximum absolute atomic E-state index is 11.0. The van der Waals surface area contributed by atoms with Gasteiger partial charge in [-0.05, 0) is 6.92 Å². The van der Waals surface area contributed by atoms with Gasteiger partial charge in [0.05, 0.1) is 0 Å². The van der Waals surface area contributed by atoms with Crippen LogP contribution in [0.4, 0.5) is 0 Å². The van der Waals surface area contributed by atoms with Crippen LogP contribution in [0.2, 0.25) is 0 Å². The average Bonchev–Trinajstić information content (AvgIpc) is 2.66. The molecule has 11 heavy (non-hydrogen) atoms. The van der Waals surface area contributed by atoms with E-state index < -0.39 is 17.7 Å². The molecule has 1 heterocycles. The third-order valence-electron chi connectivity index (χ3n) is 1.99. The van der Waals surface area contributed by atoms with Gasteiger partial charge >= 0.3 is 11.9 Å². The highest BCUT2D eigenvalue weighted by Crippen LogP contribution is 2.43. The summed E-state index contributed by atoms with van der Waals surface area (Å²) in [5.41, 5.74) is -0.871. The van der Waals surface area contributed by atoms with Crippen LogP contribution < -0.4 is 0 Å². The molecule has 0 aromatic rings. The quantitative estimate of drug-likeness (QED) is 0.463. The molecule has 0 bridgehead atoms. The van der Waals surface area contributed by atoms with Crippen molar-refractivity contribution in [2.75, 3.05) is 0 Å². The van der Waals surface area contributed by atoms with Crippen LogP contribution in [0.15, 0.2) is 0 Å². The van der Waals surface area contributed by atoms with Gasteiger partial charge in [0.25, 0.3) is 0 Å². The molecule has 1 aliphatic carbocycles. The monoisotopic (exact) mass is 156 g/mol. The number of carbonyl (C=O) groups is 2. The van der Waals surface area contributed by atoms with E-state index in [0.29, 0.717) is 12.8 Å². The van der Waals surface area contributed by atoms with Crippen LogP contribution in [0.1, 0.15) is 19.8 Å². The van der Waals surface area contributed by atoms with E-state index in [0.717, 1.165) is 0 Å². The Labute approximate surface area is 63.5 Å². The zero-order chi connectivity index (χ0) is 8.06. The van der Waals surface area contributed by atoms with Crippen molar-refractivity contribution in [2.24, 2.45) is 0 Å².